The second kappa shape index (κ2) is 15.3. The van der Waals surface area contributed by atoms with E-state index in [4.69, 9.17) is 0 Å². The molecule has 2 N–H and O–H groups in total. The minimum atomic E-state index is -0.296. The van der Waals surface area contributed by atoms with Crippen LogP contribution in [-0.4, -0.2) is 24.9 Å². The Hall–Kier alpha value is -3.80. The molecule has 3 aromatic carbocycles. The number of carbonyl (C=O) groups excluding carboxylic acids is 2. The summed E-state index contributed by atoms with van der Waals surface area (Å²) in [5.74, 6) is -0.750. The zero-order valence-corrected chi connectivity index (χ0v) is 27.3. The van der Waals surface area contributed by atoms with Crippen LogP contribution in [0.2, 0.25) is 0 Å². The molecule has 0 aliphatic carbocycles. The maximum absolute atomic E-state index is 13.5. The second-order valence-electron chi connectivity index (χ2n) is 13.6. The first-order chi connectivity index (χ1) is 20.7. The van der Waals surface area contributed by atoms with Crippen LogP contribution in [0.3, 0.4) is 0 Å². The molecule has 0 unspecified atom stereocenters. The first-order valence-electron chi connectivity index (χ1n) is 15.5. The highest BCUT2D eigenvalue weighted by Gasteiger charge is 2.25. The Morgan fingerprint density at radius 1 is 0.727 bits per heavy atom. The van der Waals surface area contributed by atoms with Crippen LogP contribution in [0.5, 0.6) is 0 Å². The van der Waals surface area contributed by atoms with Crippen molar-refractivity contribution in [3.63, 3.8) is 0 Å². The van der Waals surface area contributed by atoms with Crippen molar-refractivity contribution in [1.82, 2.24) is 10.6 Å². The number of unbranched alkanes of at least 4 members (excludes halogenated alkanes) is 1. The van der Waals surface area contributed by atoms with E-state index in [1.807, 2.05) is 24.3 Å². The monoisotopic (exact) mass is 602 g/mol. The van der Waals surface area contributed by atoms with Gasteiger partial charge in [0.05, 0.1) is 0 Å². The average molecular weight is 603 g/mol. The number of halogens is 2. The van der Waals surface area contributed by atoms with Crippen LogP contribution in [0.4, 0.5) is 8.78 Å². The Labute approximate surface area is 262 Å². The topological polar surface area (TPSA) is 58.2 Å². The van der Waals surface area contributed by atoms with Crippen LogP contribution < -0.4 is 10.6 Å². The summed E-state index contributed by atoms with van der Waals surface area (Å²) >= 11 is 0. The van der Waals surface area contributed by atoms with E-state index in [9.17, 15) is 18.4 Å². The molecule has 0 heterocycles. The fourth-order valence-corrected chi connectivity index (χ4v) is 5.63. The fourth-order valence-electron chi connectivity index (χ4n) is 5.63. The van der Waals surface area contributed by atoms with Crippen LogP contribution in [-0.2, 0) is 15.6 Å². The van der Waals surface area contributed by atoms with Gasteiger partial charge in [-0.2, -0.15) is 0 Å². The molecule has 0 aliphatic heterocycles. The van der Waals surface area contributed by atoms with Gasteiger partial charge in [0.2, 0.25) is 5.91 Å². The van der Waals surface area contributed by atoms with Gasteiger partial charge in [0, 0.05) is 31.0 Å². The summed E-state index contributed by atoms with van der Waals surface area (Å²) < 4.78 is 26.9. The van der Waals surface area contributed by atoms with Gasteiger partial charge in [0.15, 0.2) is 0 Å². The zero-order valence-electron chi connectivity index (χ0n) is 27.3. The minimum absolute atomic E-state index is 0.00239. The largest absolute Gasteiger partial charge is 0.353 e. The third kappa shape index (κ3) is 10.1. The number of carbonyl (C=O) groups is 2. The zero-order chi connectivity index (χ0) is 32.5. The van der Waals surface area contributed by atoms with E-state index in [1.165, 1.54) is 41.0 Å². The summed E-state index contributed by atoms with van der Waals surface area (Å²) in [5.41, 5.74) is 6.02. The first-order valence-corrected chi connectivity index (χ1v) is 15.5. The van der Waals surface area contributed by atoms with Crippen molar-refractivity contribution in [2.75, 3.05) is 13.1 Å². The Kier molecular flexibility index (Phi) is 12.0. The van der Waals surface area contributed by atoms with Gasteiger partial charge in [-0.3, -0.25) is 9.59 Å². The number of benzene rings is 3. The molecular formula is C38H48F2N2O2. The van der Waals surface area contributed by atoms with Crippen molar-refractivity contribution >= 4 is 11.8 Å². The number of hydrogen-bond acceptors (Lipinski definition) is 2. The lowest BCUT2D eigenvalue weighted by atomic mass is 9.75. The lowest BCUT2D eigenvalue weighted by Gasteiger charge is -2.29. The molecule has 0 fully saturated rings. The number of rotatable bonds is 12. The third-order valence-corrected chi connectivity index (χ3v) is 7.94. The van der Waals surface area contributed by atoms with Gasteiger partial charge in [-0.15, -0.1) is 0 Å². The molecule has 0 spiro atoms. The van der Waals surface area contributed by atoms with Crippen LogP contribution in [0.15, 0.2) is 72.8 Å². The van der Waals surface area contributed by atoms with Gasteiger partial charge < -0.3 is 10.6 Å². The molecule has 44 heavy (non-hydrogen) atoms. The molecule has 2 amide bonds. The van der Waals surface area contributed by atoms with Gasteiger partial charge in [0.25, 0.3) is 5.91 Å². The summed E-state index contributed by atoms with van der Waals surface area (Å²) in [6, 6.07) is 16.8. The van der Waals surface area contributed by atoms with Crippen molar-refractivity contribution in [2.24, 2.45) is 0 Å². The summed E-state index contributed by atoms with van der Waals surface area (Å²) in [6.07, 6.45) is 6.34. The quantitative estimate of drug-likeness (QED) is 0.161. The minimum Gasteiger partial charge on any atom is -0.353 e. The molecule has 0 saturated heterocycles. The van der Waals surface area contributed by atoms with Gasteiger partial charge in [-0.1, -0.05) is 84.4 Å². The summed E-state index contributed by atoms with van der Waals surface area (Å²) in [6.45, 7) is 15.9. The predicted octanol–water partition coefficient (Wildman–Crippen LogP) is 8.66. The SMILES string of the molecule is Cc1c(C(C)(C)C)cc(C(=O)NC/C=C/CNC(=O)CCCCC(c2ccc(F)cc2)c2ccc(F)cc2)cc1C(C)(C)C. The lowest BCUT2D eigenvalue weighted by molar-refractivity contribution is -0.121. The highest BCUT2D eigenvalue weighted by atomic mass is 19.1. The Morgan fingerprint density at radius 3 is 1.64 bits per heavy atom. The van der Waals surface area contributed by atoms with Crippen molar-refractivity contribution in [2.45, 2.75) is 90.9 Å². The Balaban J connectivity index is 1.44. The molecule has 0 atom stereocenters. The maximum Gasteiger partial charge on any atom is 0.251 e. The van der Waals surface area contributed by atoms with Crippen LogP contribution >= 0.6 is 0 Å². The molecule has 236 valence electrons. The molecular weight excluding hydrogens is 554 g/mol. The number of nitrogens with one attached hydrogen (secondary N) is 2. The van der Waals surface area contributed by atoms with Crippen LogP contribution in [0.25, 0.3) is 0 Å². The average Bonchev–Trinajstić information content (AvgIpc) is 2.95. The van der Waals surface area contributed by atoms with E-state index in [2.05, 4.69) is 59.1 Å². The smallest absolute Gasteiger partial charge is 0.251 e. The van der Waals surface area contributed by atoms with E-state index < -0.39 is 0 Å². The maximum atomic E-state index is 13.5. The second-order valence-corrected chi connectivity index (χ2v) is 13.6. The molecule has 4 nitrogen and oxygen atoms in total. The van der Waals surface area contributed by atoms with E-state index in [0.29, 0.717) is 31.5 Å². The Bertz CT molecular complexity index is 1350. The fraction of sp³-hybridized carbons (Fsp3) is 0.421. The van der Waals surface area contributed by atoms with E-state index in [0.717, 1.165) is 24.0 Å². The van der Waals surface area contributed by atoms with Crippen LogP contribution in [0.1, 0.15) is 111 Å². The summed E-state index contributed by atoms with van der Waals surface area (Å²) in [5, 5.41) is 5.87. The molecule has 3 aromatic rings. The number of amides is 2. The number of hydrogen-bond donors (Lipinski definition) is 2. The van der Waals surface area contributed by atoms with Gasteiger partial charge >= 0.3 is 0 Å². The van der Waals surface area contributed by atoms with Crippen LogP contribution in [0, 0.1) is 18.6 Å². The molecule has 0 aromatic heterocycles. The van der Waals surface area contributed by atoms with Crippen molar-refractivity contribution in [3.8, 4) is 0 Å². The van der Waals surface area contributed by atoms with E-state index in [1.54, 1.807) is 24.3 Å². The molecule has 0 bridgehead atoms. The van der Waals surface area contributed by atoms with Gasteiger partial charge in [-0.05, 0) is 94.8 Å². The molecule has 0 saturated carbocycles. The first kappa shape index (κ1) is 34.7. The van der Waals surface area contributed by atoms with Crippen molar-refractivity contribution < 1.29 is 18.4 Å². The predicted molar refractivity (Wildman–Crippen MR) is 176 cm³/mol. The van der Waals surface area contributed by atoms with E-state index in [-0.39, 0.29) is 40.2 Å². The van der Waals surface area contributed by atoms with Gasteiger partial charge in [-0.25, -0.2) is 8.78 Å². The third-order valence-electron chi connectivity index (χ3n) is 7.94. The standard InChI is InChI=1S/C38H48F2N2O2/c1-26-33(37(2,3)4)24-29(25-34(26)38(5,6)7)36(44)42-23-11-10-22-41-35(43)13-9-8-12-32(27-14-18-30(39)19-15-27)28-16-20-31(40)21-17-28/h10-11,14-21,24-25,32H,8-9,12-13,22-23H2,1-7H3,(H,41,43)(H,42,44)/b11-10+. The van der Waals surface area contributed by atoms with Crippen molar-refractivity contribution in [1.29, 1.82) is 0 Å². The van der Waals surface area contributed by atoms with Crippen molar-refractivity contribution in [3.05, 3.63) is 118 Å². The molecule has 3 rings (SSSR count). The van der Waals surface area contributed by atoms with Gasteiger partial charge in [0.1, 0.15) is 11.6 Å². The highest BCUT2D eigenvalue weighted by Crippen LogP contribution is 2.35. The molecule has 6 heteroatoms. The Morgan fingerprint density at radius 2 is 1.18 bits per heavy atom. The summed E-state index contributed by atoms with van der Waals surface area (Å²) in [7, 11) is 0. The molecule has 0 aliphatic rings. The summed E-state index contributed by atoms with van der Waals surface area (Å²) in [4.78, 5) is 25.4. The highest BCUT2D eigenvalue weighted by molar-refractivity contribution is 5.95. The molecule has 0 radical (unpaired) electrons. The van der Waals surface area contributed by atoms with E-state index >= 15 is 0 Å². The lowest BCUT2D eigenvalue weighted by Crippen LogP contribution is -2.27. The normalized spacial score (nSPS) is 12.1.